The molecule has 1 heterocycles. The number of alkyl halides is 3. The Hall–Kier alpha value is -3.53. The van der Waals surface area contributed by atoms with Gasteiger partial charge in [-0.1, -0.05) is 35.4 Å². The van der Waals surface area contributed by atoms with Gasteiger partial charge in [0.15, 0.2) is 0 Å². The third kappa shape index (κ3) is 5.48. The van der Waals surface area contributed by atoms with Gasteiger partial charge in [0, 0.05) is 42.1 Å². The molecule has 188 valence electrons. The van der Waals surface area contributed by atoms with Crippen LogP contribution in [0, 0.1) is 0 Å². The molecule has 36 heavy (non-hydrogen) atoms. The average Bonchev–Trinajstić information content (AvgIpc) is 3.03. The summed E-state index contributed by atoms with van der Waals surface area (Å²) in [5, 5.41) is 3.75. The summed E-state index contributed by atoms with van der Waals surface area (Å²) < 4.78 is 58.9. The number of fused-ring (bicyclic) bond motifs is 2. The number of nitrogens with zero attached hydrogens (tertiary/aromatic N) is 5. The number of rotatable bonds is 7. The number of benzene rings is 3. The number of nitrogens with one attached hydrogen (secondary N) is 1. The highest BCUT2D eigenvalue weighted by molar-refractivity contribution is 7.91. The van der Waals surface area contributed by atoms with Gasteiger partial charge in [-0.3, -0.25) is 0 Å². The Kier molecular flexibility index (Phi) is 7.53. The van der Waals surface area contributed by atoms with Crippen molar-refractivity contribution in [2.75, 3.05) is 25.0 Å². The lowest BCUT2D eigenvalue weighted by Crippen LogP contribution is -2.28. The number of azide groups is 1. The van der Waals surface area contributed by atoms with Crippen LogP contribution in [0.5, 0.6) is 0 Å². The van der Waals surface area contributed by atoms with Crippen LogP contribution in [0.1, 0.15) is 23.1 Å². The molecule has 0 saturated carbocycles. The molecule has 7 nitrogen and oxygen atoms in total. The summed E-state index contributed by atoms with van der Waals surface area (Å²) in [6.07, 6.45) is -2.18. The lowest BCUT2D eigenvalue weighted by Gasteiger charge is -2.27. The summed E-state index contributed by atoms with van der Waals surface area (Å²) in [5.74, 6) is 0. The predicted molar refractivity (Wildman–Crippen MR) is 135 cm³/mol. The van der Waals surface area contributed by atoms with E-state index in [0.717, 1.165) is 41.9 Å². The molecule has 4 rings (SSSR count). The van der Waals surface area contributed by atoms with Gasteiger partial charge in [-0.25, -0.2) is 13.3 Å². The van der Waals surface area contributed by atoms with Crippen LogP contribution in [0.4, 0.5) is 30.2 Å². The number of aryl methyl sites for hydroxylation is 2. The van der Waals surface area contributed by atoms with Crippen LogP contribution in [0.2, 0.25) is 0 Å². The van der Waals surface area contributed by atoms with Gasteiger partial charge in [0.1, 0.15) is 9.92 Å². The van der Waals surface area contributed by atoms with Crippen LogP contribution >= 0.6 is 0 Å². The lowest BCUT2D eigenvalue weighted by molar-refractivity contribution is -0.137. The maximum atomic E-state index is 13.3. The van der Waals surface area contributed by atoms with E-state index in [1.807, 2.05) is 30.3 Å². The predicted octanol–water partition coefficient (Wildman–Crippen LogP) is 6.94. The number of halogens is 3. The van der Waals surface area contributed by atoms with Crippen molar-refractivity contribution in [3.8, 4) is 0 Å². The first kappa shape index (κ1) is 25.6. The fourth-order valence-corrected chi connectivity index (χ4v) is 5.72. The molecule has 0 saturated heterocycles. The van der Waals surface area contributed by atoms with Crippen molar-refractivity contribution < 1.29 is 17.4 Å². The first-order chi connectivity index (χ1) is 17.2. The van der Waals surface area contributed by atoms with Crippen LogP contribution in [0.3, 0.4) is 0 Å². The minimum Gasteiger partial charge on any atom is -0.341 e. The van der Waals surface area contributed by atoms with Gasteiger partial charge in [-0.05, 0) is 72.3 Å². The molecule has 0 amide bonds. The fourth-order valence-electron chi connectivity index (χ4n) is 4.28. The zero-order valence-electron chi connectivity index (χ0n) is 19.6. The molecular weight excluding hydrogens is 489 g/mol. The largest absolute Gasteiger partial charge is 0.416 e. The molecule has 0 fully saturated rings. The van der Waals surface area contributed by atoms with E-state index in [4.69, 9.17) is 5.53 Å². The molecule has 3 aromatic rings. The number of anilines is 2. The van der Waals surface area contributed by atoms with Crippen LogP contribution in [-0.2, 0) is 28.9 Å². The van der Waals surface area contributed by atoms with Crippen molar-refractivity contribution in [1.29, 1.82) is 0 Å². The zero-order valence-corrected chi connectivity index (χ0v) is 20.4. The van der Waals surface area contributed by atoms with E-state index in [1.165, 1.54) is 24.7 Å². The Morgan fingerprint density at radius 2 is 1.72 bits per heavy atom. The van der Waals surface area contributed by atoms with E-state index in [1.54, 1.807) is 6.07 Å². The van der Waals surface area contributed by atoms with E-state index < -0.39 is 21.7 Å². The van der Waals surface area contributed by atoms with Crippen molar-refractivity contribution in [3.63, 3.8) is 0 Å². The Balaban J connectivity index is 1.53. The van der Waals surface area contributed by atoms with E-state index in [2.05, 4.69) is 30.1 Å². The summed E-state index contributed by atoms with van der Waals surface area (Å²) in [4.78, 5) is 5.26. The number of hydrogen-bond acceptors (Lipinski definition) is 4. The summed E-state index contributed by atoms with van der Waals surface area (Å²) in [6.45, 7) is 0.893. The van der Waals surface area contributed by atoms with Gasteiger partial charge in [0.2, 0.25) is 0 Å². The first-order valence-electron chi connectivity index (χ1n) is 11.4. The molecule has 0 aliphatic carbocycles. The second kappa shape index (κ2) is 10.6. The molecule has 1 N–H and O–H groups in total. The monoisotopic (exact) mass is 514 g/mol. The normalized spacial score (nSPS) is 14.6. The third-order valence-electron chi connectivity index (χ3n) is 6.08. The van der Waals surface area contributed by atoms with Crippen LogP contribution in [-0.4, -0.2) is 24.3 Å². The number of para-hydroxylation sites is 1. The average molecular weight is 515 g/mol. The minimum absolute atomic E-state index is 0.197. The van der Waals surface area contributed by atoms with Gasteiger partial charge in [0.25, 0.3) is 0 Å². The topological polar surface area (TPSA) is 93.5 Å². The third-order valence-corrected chi connectivity index (χ3v) is 8.10. The molecule has 0 aromatic heterocycles. The van der Waals surface area contributed by atoms with Crippen LogP contribution in [0.25, 0.3) is 10.4 Å². The lowest BCUT2D eigenvalue weighted by atomic mass is 10.0. The fraction of sp³-hybridized carbons (Fsp3) is 0.280. The van der Waals surface area contributed by atoms with Gasteiger partial charge < -0.3 is 4.90 Å². The molecule has 0 radical (unpaired) electrons. The second-order valence-electron chi connectivity index (χ2n) is 8.26. The summed E-state index contributed by atoms with van der Waals surface area (Å²) >= 11 is 0. The van der Waals surface area contributed by atoms with Crippen molar-refractivity contribution in [1.82, 2.24) is 4.72 Å². The highest BCUT2D eigenvalue weighted by Crippen LogP contribution is 2.38. The Bertz CT molecular complexity index is 1410. The standard InChI is InChI=1S/C25H25F3N6OS/c1-30-36(35,22-13-10-20(11-14-22)25(26,27)28)31-15-4-16-34-23-6-3-2-5-18(23)7-8-19-9-12-21(32-33-29)17-24(19)34/h2-3,5-6,9-14,17H,4,7-8,15-16H2,1H3,(H,30,31,35). The highest BCUT2D eigenvalue weighted by Gasteiger charge is 2.30. The van der Waals surface area contributed by atoms with Crippen molar-refractivity contribution in [3.05, 3.63) is 93.9 Å². The minimum atomic E-state index is -4.46. The van der Waals surface area contributed by atoms with Crippen LogP contribution < -0.4 is 9.62 Å². The van der Waals surface area contributed by atoms with E-state index in [-0.39, 0.29) is 4.90 Å². The Morgan fingerprint density at radius 1 is 1.03 bits per heavy atom. The first-order valence-corrected chi connectivity index (χ1v) is 12.9. The molecule has 0 bridgehead atoms. The van der Waals surface area contributed by atoms with Crippen molar-refractivity contribution in [2.24, 2.45) is 9.48 Å². The maximum absolute atomic E-state index is 13.3. The van der Waals surface area contributed by atoms with Gasteiger partial charge in [-0.15, -0.1) is 0 Å². The van der Waals surface area contributed by atoms with Crippen molar-refractivity contribution >= 4 is 27.0 Å². The van der Waals surface area contributed by atoms with Gasteiger partial charge in [-0.2, -0.15) is 13.2 Å². The molecule has 1 atom stereocenters. The Labute approximate surface area is 207 Å². The summed E-state index contributed by atoms with van der Waals surface area (Å²) in [6, 6.07) is 18.0. The maximum Gasteiger partial charge on any atom is 0.416 e. The summed E-state index contributed by atoms with van der Waals surface area (Å²) in [5.41, 5.74) is 12.9. The molecule has 1 unspecified atom stereocenters. The van der Waals surface area contributed by atoms with Crippen LogP contribution in [0.15, 0.2) is 81.1 Å². The van der Waals surface area contributed by atoms with Gasteiger partial charge in [0.05, 0.1) is 10.5 Å². The second-order valence-corrected chi connectivity index (χ2v) is 10.4. The molecule has 1 aliphatic rings. The van der Waals surface area contributed by atoms with E-state index in [9.17, 15) is 17.4 Å². The molecule has 11 heteroatoms. The molecular formula is C25H25F3N6OS. The zero-order chi connectivity index (χ0) is 25.8. The highest BCUT2D eigenvalue weighted by atomic mass is 32.2. The number of hydrogen-bond donors (Lipinski definition) is 1. The van der Waals surface area contributed by atoms with Gasteiger partial charge >= 0.3 is 6.18 Å². The molecule has 3 aromatic carbocycles. The SMILES string of the molecule is CN=S(=O)(NCCCN1c2ccccc2CCc2ccc(N=[N+]=[N-])cc21)c1ccc(C(F)(F)F)cc1. The molecule has 1 aliphatic heterocycles. The van der Waals surface area contributed by atoms with E-state index in [0.29, 0.717) is 25.2 Å². The quantitative estimate of drug-likeness (QED) is 0.160. The Morgan fingerprint density at radius 3 is 2.39 bits per heavy atom. The summed E-state index contributed by atoms with van der Waals surface area (Å²) in [7, 11) is -1.70. The smallest absolute Gasteiger partial charge is 0.341 e. The molecule has 0 spiro atoms. The van der Waals surface area contributed by atoms with Crippen molar-refractivity contribution in [2.45, 2.75) is 30.3 Å². The van der Waals surface area contributed by atoms with E-state index >= 15 is 0 Å².